The maximum Gasteiger partial charge on any atom is 0.410 e. The lowest BCUT2D eigenvalue weighted by atomic mass is 9.84. The number of hydrogen-bond donors (Lipinski definition) is 2. The molecule has 0 saturated carbocycles. The van der Waals surface area contributed by atoms with E-state index in [0.717, 1.165) is 25.7 Å². The van der Waals surface area contributed by atoms with E-state index in [-0.39, 0.29) is 18.2 Å². The van der Waals surface area contributed by atoms with Crippen LogP contribution in [0.4, 0.5) is 4.79 Å². The van der Waals surface area contributed by atoms with Gasteiger partial charge in [0, 0.05) is 25.2 Å². The number of nitrogens with two attached hydrogens (primary N) is 1. The summed E-state index contributed by atoms with van der Waals surface area (Å²) in [6.07, 6.45) is 2.82. The largest absolute Gasteiger partial charge is 0.444 e. The minimum atomic E-state index is -0.453. The van der Waals surface area contributed by atoms with Gasteiger partial charge >= 0.3 is 6.09 Å². The molecule has 1 heterocycles. The van der Waals surface area contributed by atoms with Gasteiger partial charge in [0.05, 0.1) is 0 Å². The normalized spacial score (nSPS) is 19.7. The Kier molecular flexibility index (Phi) is 4.99. The van der Waals surface area contributed by atoms with Crippen molar-refractivity contribution in [3.8, 4) is 0 Å². The lowest BCUT2D eigenvalue weighted by Gasteiger charge is -2.39. The Labute approximate surface area is 109 Å². The number of ether oxygens (including phenoxy) is 1. The smallest absolute Gasteiger partial charge is 0.410 e. The summed E-state index contributed by atoms with van der Waals surface area (Å²) >= 11 is 0. The van der Waals surface area contributed by atoms with E-state index in [9.17, 15) is 4.79 Å². The summed E-state index contributed by atoms with van der Waals surface area (Å²) in [4.78, 5) is 13.6. The molecule has 0 aromatic rings. The molecule has 1 rings (SSSR count). The minimum Gasteiger partial charge on any atom is -0.444 e. The summed E-state index contributed by atoms with van der Waals surface area (Å²) in [5.74, 6) is 0. The molecule has 0 atom stereocenters. The van der Waals surface area contributed by atoms with E-state index in [1.54, 1.807) is 4.90 Å². The molecule has 0 radical (unpaired) electrons. The monoisotopic (exact) mass is 258 g/mol. The number of aliphatic hydroxyl groups excluding tert-OH is 1. The SMILES string of the molecule is CC(C)(C)OC(=O)N1CCC(N)(CCCO)CC1. The summed E-state index contributed by atoms with van der Waals surface area (Å²) in [6.45, 7) is 7.04. The van der Waals surface area contributed by atoms with Crippen LogP contribution in [0, 0.1) is 0 Å². The minimum absolute atomic E-state index is 0.175. The zero-order valence-electron chi connectivity index (χ0n) is 11.7. The molecular formula is C13H26N2O3. The maximum absolute atomic E-state index is 11.9. The van der Waals surface area contributed by atoms with E-state index in [4.69, 9.17) is 15.6 Å². The van der Waals surface area contributed by atoms with Gasteiger partial charge in [0.2, 0.25) is 0 Å². The van der Waals surface area contributed by atoms with E-state index in [0.29, 0.717) is 13.1 Å². The van der Waals surface area contributed by atoms with Crippen molar-refractivity contribution in [1.29, 1.82) is 0 Å². The summed E-state index contributed by atoms with van der Waals surface area (Å²) < 4.78 is 5.33. The highest BCUT2D eigenvalue weighted by Gasteiger charge is 2.33. The lowest BCUT2D eigenvalue weighted by Crippen LogP contribution is -2.52. The molecule has 0 spiro atoms. The average Bonchev–Trinajstić information content (AvgIpc) is 2.25. The molecule has 5 nitrogen and oxygen atoms in total. The molecule has 0 aromatic heterocycles. The van der Waals surface area contributed by atoms with Crippen molar-refractivity contribution in [3.63, 3.8) is 0 Å². The van der Waals surface area contributed by atoms with Crippen molar-refractivity contribution in [1.82, 2.24) is 4.90 Å². The number of rotatable bonds is 3. The topological polar surface area (TPSA) is 75.8 Å². The lowest BCUT2D eigenvalue weighted by molar-refractivity contribution is 0.0161. The molecule has 0 aliphatic carbocycles. The van der Waals surface area contributed by atoms with Crippen LogP contribution < -0.4 is 5.73 Å². The molecule has 18 heavy (non-hydrogen) atoms. The third kappa shape index (κ3) is 4.82. The van der Waals surface area contributed by atoms with Gasteiger partial charge in [-0.05, 0) is 46.5 Å². The van der Waals surface area contributed by atoms with Crippen molar-refractivity contribution in [2.75, 3.05) is 19.7 Å². The van der Waals surface area contributed by atoms with Crippen molar-refractivity contribution in [3.05, 3.63) is 0 Å². The molecule has 1 aliphatic heterocycles. The molecular weight excluding hydrogens is 232 g/mol. The van der Waals surface area contributed by atoms with E-state index in [1.807, 2.05) is 20.8 Å². The van der Waals surface area contributed by atoms with Crippen molar-refractivity contribution >= 4 is 6.09 Å². The summed E-state index contributed by atoms with van der Waals surface area (Å²) in [5.41, 5.74) is 5.56. The van der Waals surface area contributed by atoms with Crippen LogP contribution in [0.15, 0.2) is 0 Å². The van der Waals surface area contributed by atoms with Gasteiger partial charge < -0.3 is 20.5 Å². The first-order chi connectivity index (χ1) is 8.26. The van der Waals surface area contributed by atoms with Gasteiger partial charge in [0.25, 0.3) is 0 Å². The predicted molar refractivity (Wildman–Crippen MR) is 70.3 cm³/mol. The highest BCUT2D eigenvalue weighted by atomic mass is 16.6. The van der Waals surface area contributed by atoms with Gasteiger partial charge in [-0.2, -0.15) is 0 Å². The molecule has 0 unspecified atom stereocenters. The van der Waals surface area contributed by atoms with Crippen molar-refractivity contribution in [2.45, 2.75) is 57.6 Å². The van der Waals surface area contributed by atoms with E-state index < -0.39 is 5.60 Å². The fraction of sp³-hybridized carbons (Fsp3) is 0.923. The maximum atomic E-state index is 11.9. The van der Waals surface area contributed by atoms with Gasteiger partial charge in [-0.1, -0.05) is 0 Å². The van der Waals surface area contributed by atoms with Crippen LogP contribution in [-0.2, 0) is 4.74 Å². The standard InChI is InChI=1S/C13H26N2O3/c1-12(2,3)18-11(17)15-8-6-13(14,7-9-15)5-4-10-16/h16H,4-10,14H2,1-3H3. The Morgan fingerprint density at radius 2 is 1.94 bits per heavy atom. The first kappa shape index (κ1) is 15.2. The van der Waals surface area contributed by atoms with Crippen LogP contribution >= 0.6 is 0 Å². The molecule has 0 aromatic carbocycles. The first-order valence-electron chi connectivity index (χ1n) is 6.63. The third-order valence-electron chi connectivity index (χ3n) is 3.24. The molecule has 1 saturated heterocycles. The number of carbonyl (C=O) groups excluding carboxylic acids is 1. The van der Waals surface area contributed by atoms with Crippen LogP contribution in [0.3, 0.4) is 0 Å². The van der Waals surface area contributed by atoms with E-state index >= 15 is 0 Å². The molecule has 106 valence electrons. The Bertz CT molecular complexity index is 278. The third-order valence-corrected chi connectivity index (χ3v) is 3.24. The highest BCUT2D eigenvalue weighted by Crippen LogP contribution is 2.25. The molecule has 0 bridgehead atoms. The van der Waals surface area contributed by atoms with Gasteiger partial charge in [-0.15, -0.1) is 0 Å². The second-order valence-corrected chi connectivity index (χ2v) is 6.16. The number of piperidine rings is 1. The van der Waals surface area contributed by atoms with E-state index in [2.05, 4.69) is 0 Å². The summed E-state index contributed by atoms with van der Waals surface area (Å²) in [5, 5.41) is 8.84. The number of carbonyl (C=O) groups is 1. The van der Waals surface area contributed by atoms with Gasteiger partial charge in [0.1, 0.15) is 5.60 Å². The van der Waals surface area contributed by atoms with Gasteiger partial charge in [0.15, 0.2) is 0 Å². The zero-order chi connectivity index (χ0) is 13.8. The molecule has 1 aliphatic rings. The highest BCUT2D eigenvalue weighted by molar-refractivity contribution is 5.68. The summed E-state index contributed by atoms with van der Waals surface area (Å²) in [6, 6.07) is 0. The van der Waals surface area contributed by atoms with Crippen LogP contribution in [0.25, 0.3) is 0 Å². The Balaban J connectivity index is 2.41. The Morgan fingerprint density at radius 1 is 1.39 bits per heavy atom. The number of likely N-dealkylation sites (tertiary alicyclic amines) is 1. The Morgan fingerprint density at radius 3 is 2.39 bits per heavy atom. The fourth-order valence-corrected chi connectivity index (χ4v) is 2.14. The number of hydrogen-bond acceptors (Lipinski definition) is 4. The quantitative estimate of drug-likeness (QED) is 0.804. The van der Waals surface area contributed by atoms with E-state index in [1.165, 1.54) is 0 Å². The molecule has 5 heteroatoms. The number of nitrogens with zero attached hydrogens (tertiary/aromatic N) is 1. The van der Waals surface area contributed by atoms with Crippen LogP contribution in [0.2, 0.25) is 0 Å². The van der Waals surface area contributed by atoms with Crippen LogP contribution in [0.1, 0.15) is 46.5 Å². The fourth-order valence-electron chi connectivity index (χ4n) is 2.14. The van der Waals surface area contributed by atoms with Gasteiger partial charge in [-0.25, -0.2) is 4.79 Å². The van der Waals surface area contributed by atoms with Crippen molar-refractivity contribution < 1.29 is 14.6 Å². The zero-order valence-corrected chi connectivity index (χ0v) is 11.7. The first-order valence-corrected chi connectivity index (χ1v) is 6.63. The summed E-state index contributed by atoms with van der Waals surface area (Å²) in [7, 11) is 0. The number of amides is 1. The van der Waals surface area contributed by atoms with Gasteiger partial charge in [-0.3, -0.25) is 0 Å². The average molecular weight is 258 g/mol. The second-order valence-electron chi connectivity index (χ2n) is 6.16. The van der Waals surface area contributed by atoms with Crippen LogP contribution in [-0.4, -0.2) is 46.9 Å². The molecule has 1 fully saturated rings. The molecule has 3 N–H and O–H groups in total. The number of aliphatic hydroxyl groups is 1. The molecule has 1 amide bonds. The Hall–Kier alpha value is -0.810. The predicted octanol–water partition coefficient (Wildman–Crippen LogP) is 1.49. The second kappa shape index (κ2) is 5.89. The van der Waals surface area contributed by atoms with Crippen molar-refractivity contribution in [2.24, 2.45) is 5.73 Å². The van der Waals surface area contributed by atoms with Crippen LogP contribution in [0.5, 0.6) is 0 Å².